The van der Waals surface area contributed by atoms with Crippen LogP contribution in [0.15, 0.2) is 0 Å². The molecule has 5 nitrogen and oxygen atoms in total. The number of hydrogen-bond acceptors (Lipinski definition) is 4. The van der Waals surface area contributed by atoms with Gasteiger partial charge in [0.25, 0.3) is 0 Å². The van der Waals surface area contributed by atoms with Crippen LogP contribution in [0.25, 0.3) is 0 Å². The Balaban J connectivity index is 2.48. The summed E-state index contributed by atoms with van der Waals surface area (Å²) in [6, 6.07) is -0.427. The first-order valence-electron chi connectivity index (χ1n) is 5.12. The van der Waals surface area contributed by atoms with E-state index in [1.54, 1.807) is 14.0 Å². The first-order valence-corrected chi connectivity index (χ1v) is 6.95. The fourth-order valence-corrected chi connectivity index (χ4v) is 3.45. The third kappa shape index (κ3) is 3.79. The molecular weight excluding hydrogens is 216 g/mol. The van der Waals surface area contributed by atoms with Crippen molar-refractivity contribution in [1.82, 2.24) is 10.6 Å². The molecule has 1 fully saturated rings. The van der Waals surface area contributed by atoms with Crippen LogP contribution in [0.3, 0.4) is 0 Å². The standard InChI is InChI=1S/C9H18N2O3S/c1-7(9(12)10-2)11-8-4-3-5-15(13,14)6-8/h7-8,11H,3-6H2,1-2H3,(H,10,12). The van der Waals surface area contributed by atoms with Crippen molar-refractivity contribution in [3.63, 3.8) is 0 Å². The van der Waals surface area contributed by atoms with Gasteiger partial charge >= 0.3 is 0 Å². The number of hydrogen-bond donors (Lipinski definition) is 2. The number of carbonyl (C=O) groups excluding carboxylic acids is 1. The van der Waals surface area contributed by atoms with E-state index < -0.39 is 9.84 Å². The lowest BCUT2D eigenvalue weighted by Gasteiger charge is -2.25. The van der Waals surface area contributed by atoms with Crippen molar-refractivity contribution < 1.29 is 13.2 Å². The van der Waals surface area contributed by atoms with E-state index in [-0.39, 0.29) is 29.5 Å². The van der Waals surface area contributed by atoms with Gasteiger partial charge < -0.3 is 10.6 Å². The zero-order chi connectivity index (χ0) is 11.5. The summed E-state index contributed by atoms with van der Waals surface area (Å²) in [5.74, 6) is 0.311. The quantitative estimate of drug-likeness (QED) is 0.676. The maximum atomic E-state index is 11.3. The molecule has 1 heterocycles. The van der Waals surface area contributed by atoms with Crippen LogP contribution in [0.1, 0.15) is 19.8 Å². The molecule has 0 aromatic heterocycles. The van der Waals surface area contributed by atoms with E-state index in [0.29, 0.717) is 6.42 Å². The molecule has 1 aliphatic rings. The van der Waals surface area contributed by atoms with E-state index in [1.165, 1.54) is 0 Å². The SMILES string of the molecule is CNC(=O)C(C)NC1CCCS(=O)(=O)C1. The molecule has 0 spiro atoms. The second-order valence-corrected chi connectivity index (χ2v) is 6.18. The molecule has 2 N–H and O–H groups in total. The van der Waals surface area contributed by atoms with Crippen molar-refractivity contribution in [2.45, 2.75) is 31.8 Å². The molecule has 1 amide bonds. The highest BCUT2D eigenvalue weighted by Crippen LogP contribution is 2.12. The lowest BCUT2D eigenvalue weighted by atomic mass is 10.1. The third-order valence-electron chi connectivity index (χ3n) is 2.59. The van der Waals surface area contributed by atoms with Crippen LogP contribution in [0.4, 0.5) is 0 Å². The summed E-state index contributed by atoms with van der Waals surface area (Å²) in [5, 5.41) is 5.56. The van der Waals surface area contributed by atoms with Crippen LogP contribution in [-0.4, -0.2) is 45.0 Å². The van der Waals surface area contributed by atoms with Crippen molar-refractivity contribution in [3.8, 4) is 0 Å². The number of amides is 1. The van der Waals surface area contributed by atoms with Gasteiger partial charge in [-0.15, -0.1) is 0 Å². The molecule has 0 saturated carbocycles. The van der Waals surface area contributed by atoms with Gasteiger partial charge in [0.2, 0.25) is 5.91 Å². The van der Waals surface area contributed by atoms with E-state index in [1.807, 2.05) is 0 Å². The van der Waals surface area contributed by atoms with Gasteiger partial charge in [-0.2, -0.15) is 0 Å². The molecule has 0 aromatic carbocycles. The summed E-state index contributed by atoms with van der Waals surface area (Å²) >= 11 is 0. The molecule has 2 unspecified atom stereocenters. The van der Waals surface area contributed by atoms with E-state index in [2.05, 4.69) is 10.6 Å². The summed E-state index contributed by atoms with van der Waals surface area (Å²) in [6.45, 7) is 1.74. The summed E-state index contributed by atoms with van der Waals surface area (Å²) < 4.78 is 22.7. The Kier molecular flexibility index (Phi) is 4.10. The van der Waals surface area contributed by atoms with Crippen molar-refractivity contribution in [1.29, 1.82) is 0 Å². The highest BCUT2D eigenvalue weighted by molar-refractivity contribution is 7.91. The smallest absolute Gasteiger partial charge is 0.236 e. The van der Waals surface area contributed by atoms with Gasteiger partial charge in [-0.3, -0.25) is 4.79 Å². The normalized spacial score (nSPS) is 26.9. The van der Waals surface area contributed by atoms with Crippen molar-refractivity contribution >= 4 is 15.7 Å². The lowest BCUT2D eigenvalue weighted by Crippen LogP contribution is -2.49. The Hall–Kier alpha value is -0.620. The summed E-state index contributed by atoms with van der Waals surface area (Å²) in [4.78, 5) is 11.2. The molecule has 0 radical (unpaired) electrons. The Morgan fingerprint density at radius 3 is 2.67 bits per heavy atom. The lowest BCUT2D eigenvalue weighted by molar-refractivity contribution is -0.122. The fourth-order valence-electron chi connectivity index (χ4n) is 1.80. The van der Waals surface area contributed by atoms with Crippen LogP contribution in [0.5, 0.6) is 0 Å². The number of rotatable bonds is 3. The zero-order valence-corrected chi connectivity index (χ0v) is 9.93. The Morgan fingerprint density at radius 2 is 2.13 bits per heavy atom. The van der Waals surface area contributed by atoms with E-state index in [4.69, 9.17) is 0 Å². The number of sulfone groups is 1. The zero-order valence-electron chi connectivity index (χ0n) is 9.12. The van der Waals surface area contributed by atoms with Crippen LogP contribution in [0.2, 0.25) is 0 Å². The molecule has 1 aliphatic heterocycles. The van der Waals surface area contributed by atoms with Gasteiger partial charge in [0, 0.05) is 13.1 Å². The van der Waals surface area contributed by atoms with Crippen LogP contribution in [0, 0.1) is 0 Å². The van der Waals surface area contributed by atoms with Crippen molar-refractivity contribution in [2.24, 2.45) is 0 Å². The maximum absolute atomic E-state index is 11.3. The minimum Gasteiger partial charge on any atom is -0.358 e. The third-order valence-corrected chi connectivity index (χ3v) is 4.41. The molecule has 0 bridgehead atoms. The summed E-state index contributed by atoms with van der Waals surface area (Å²) in [5.41, 5.74) is 0. The van der Waals surface area contributed by atoms with Crippen LogP contribution < -0.4 is 10.6 Å². The van der Waals surface area contributed by atoms with E-state index in [0.717, 1.165) is 6.42 Å². The molecule has 1 saturated heterocycles. The molecule has 15 heavy (non-hydrogen) atoms. The fraction of sp³-hybridized carbons (Fsp3) is 0.889. The average molecular weight is 234 g/mol. The Morgan fingerprint density at radius 1 is 1.47 bits per heavy atom. The first kappa shape index (κ1) is 12.4. The van der Waals surface area contributed by atoms with E-state index in [9.17, 15) is 13.2 Å². The van der Waals surface area contributed by atoms with Gasteiger partial charge in [0.05, 0.1) is 17.5 Å². The molecule has 6 heteroatoms. The molecule has 0 aliphatic carbocycles. The number of carbonyl (C=O) groups is 1. The second-order valence-electron chi connectivity index (χ2n) is 3.96. The predicted octanol–water partition coefficient (Wildman–Crippen LogP) is -0.712. The van der Waals surface area contributed by atoms with E-state index >= 15 is 0 Å². The average Bonchev–Trinajstić information content (AvgIpc) is 2.14. The van der Waals surface area contributed by atoms with Crippen molar-refractivity contribution in [2.75, 3.05) is 18.6 Å². The summed E-state index contributed by atoms with van der Waals surface area (Å²) in [6.07, 6.45) is 1.50. The molecule has 1 rings (SSSR count). The largest absolute Gasteiger partial charge is 0.358 e. The predicted molar refractivity (Wildman–Crippen MR) is 58.3 cm³/mol. The van der Waals surface area contributed by atoms with Crippen molar-refractivity contribution in [3.05, 3.63) is 0 Å². The van der Waals surface area contributed by atoms with Gasteiger partial charge in [0.1, 0.15) is 0 Å². The van der Waals surface area contributed by atoms with Gasteiger partial charge in [-0.1, -0.05) is 0 Å². The minimum atomic E-state index is -2.90. The summed E-state index contributed by atoms with van der Waals surface area (Å²) in [7, 11) is -1.34. The van der Waals surface area contributed by atoms with Gasteiger partial charge in [0.15, 0.2) is 9.84 Å². The maximum Gasteiger partial charge on any atom is 0.236 e. The molecular formula is C9H18N2O3S. The molecule has 88 valence electrons. The Bertz CT molecular complexity index is 326. The molecule has 0 aromatic rings. The van der Waals surface area contributed by atoms with Crippen LogP contribution >= 0.6 is 0 Å². The highest BCUT2D eigenvalue weighted by Gasteiger charge is 2.26. The Labute approximate surface area is 90.5 Å². The number of nitrogens with one attached hydrogen (secondary N) is 2. The minimum absolute atomic E-state index is 0.0870. The van der Waals surface area contributed by atoms with Gasteiger partial charge in [-0.05, 0) is 19.8 Å². The monoisotopic (exact) mass is 234 g/mol. The molecule has 2 atom stereocenters. The second kappa shape index (κ2) is 4.94. The highest BCUT2D eigenvalue weighted by atomic mass is 32.2. The van der Waals surface area contributed by atoms with Crippen LogP contribution in [-0.2, 0) is 14.6 Å². The first-order chi connectivity index (χ1) is 6.94. The van der Waals surface area contributed by atoms with Gasteiger partial charge in [-0.25, -0.2) is 8.42 Å². The topological polar surface area (TPSA) is 75.3 Å². The number of likely N-dealkylation sites (N-methyl/N-ethyl adjacent to an activating group) is 1.